The molecule has 2 aromatic heterocycles. The van der Waals surface area contributed by atoms with Crippen LogP contribution < -0.4 is 10.2 Å². The molecule has 0 unspecified atom stereocenters. The standard InChI is InChI=1S/C25H28N4O2/c1-18-13-23(29-11-12-31-17-19(29)2)8-9-24(18)20-6-7-21(27-15-20)14-25(30)28-16-22-5-3-4-10-26-22/h3-10,13,15,19H,11-12,14,16-17H2,1-2H3,(H,28,30)/t19-/m0/s1. The van der Waals surface area contributed by atoms with E-state index in [2.05, 4.69) is 52.2 Å². The first-order chi connectivity index (χ1) is 15.1. The number of nitrogens with zero attached hydrogens (tertiary/aromatic N) is 3. The summed E-state index contributed by atoms with van der Waals surface area (Å²) in [4.78, 5) is 23.3. The third kappa shape index (κ3) is 5.27. The Bertz CT molecular complexity index is 1020. The van der Waals surface area contributed by atoms with Gasteiger partial charge in [-0.1, -0.05) is 18.2 Å². The van der Waals surface area contributed by atoms with Gasteiger partial charge in [0.25, 0.3) is 0 Å². The Morgan fingerprint density at radius 1 is 1.16 bits per heavy atom. The average molecular weight is 417 g/mol. The first kappa shape index (κ1) is 21.0. The molecule has 1 aliphatic heterocycles. The van der Waals surface area contributed by atoms with Crippen molar-refractivity contribution in [3.05, 3.63) is 77.9 Å². The van der Waals surface area contributed by atoms with E-state index in [-0.39, 0.29) is 12.3 Å². The number of hydrogen-bond donors (Lipinski definition) is 1. The molecular formula is C25H28N4O2. The maximum atomic E-state index is 12.2. The van der Waals surface area contributed by atoms with Gasteiger partial charge in [-0.3, -0.25) is 14.8 Å². The summed E-state index contributed by atoms with van der Waals surface area (Å²) in [6, 6.07) is 16.5. The van der Waals surface area contributed by atoms with Gasteiger partial charge in [-0.05, 0) is 55.3 Å². The topological polar surface area (TPSA) is 67.3 Å². The number of amides is 1. The zero-order chi connectivity index (χ0) is 21.6. The van der Waals surface area contributed by atoms with E-state index in [9.17, 15) is 4.79 Å². The van der Waals surface area contributed by atoms with Crippen LogP contribution in [0.25, 0.3) is 11.1 Å². The molecule has 6 heteroatoms. The minimum Gasteiger partial charge on any atom is -0.377 e. The average Bonchev–Trinajstić information content (AvgIpc) is 2.79. The highest BCUT2D eigenvalue weighted by atomic mass is 16.5. The van der Waals surface area contributed by atoms with E-state index < -0.39 is 0 Å². The highest BCUT2D eigenvalue weighted by Gasteiger charge is 2.19. The number of morpholine rings is 1. The molecular weight excluding hydrogens is 388 g/mol. The maximum Gasteiger partial charge on any atom is 0.226 e. The van der Waals surface area contributed by atoms with Gasteiger partial charge in [0.1, 0.15) is 0 Å². The fourth-order valence-corrected chi connectivity index (χ4v) is 3.87. The summed E-state index contributed by atoms with van der Waals surface area (Å²) < 4.78 is 5.55. The first-order valence-electron chi connectivity index (χ1n) is 10.7. The van der Waals surface area contributed by atoms with Crippen LogP contribution in [0.15, 0.2) is 60.9 Å². The number of carbonyl (C=O) groups excluding carboxylic acids is 1. The monoisotopic (exact) mass is 416 g/mol. The van der Waals surface area contributed by atoms with Crippen LogP contribution in [-0.4, -0.2) is 41.7 Å². The Morgan fingerprint density at radius 2 is 2.06 bits per heavy atom. The number of anilines is 1. The third-order valence-corrected chi connectivity index (χ3v) is 5.58. The quantitative estimate of drug-likeness (QED) is 0.666. The molecule has 3 heterocycles. The number of hydrogen-bond acceptors (Lipinski definition) is 5. The Labute approximate surface area is 183 Å². The molecule has 0 saturated carbocycles. The summed E-state index contributed by atoms with van der Waals surface area (Å²) in [5.74, 6) is -0.0638. The molecule has 4 rings (SSSR count). The predicted octanol–water partition coefficient (Wildman–Crippen LogP) is 3.54. The second-order valence-electron chi connectivity index (χ2n) is 7.93. The summed E-state index contributed by atoms with van der Waals surface area (Å²) in [7, 11) is 0. The molecule has 1 atom stereocenters. The summed E-state index contributed by atoms with van der Waals surface area (Å²) >= 11 is 0. The van der Waals surface area contributed by atoms with E-state index in [0.29, 0.717) is 12.6 Å². The molecule has 1 fully saturated rings. The van der Waals surface area contributed by atoms with Gasteiger partial charge in [0, 0.05) is 41.9 Å². The van der Waals surface area contributed by atoms with Crippen molar-refractivity contribution >= 4 is 11.6 Å². The summed E-state index contributed by atoms with van der Waals surface area (Å²) in [6.45, 7) is 7.19. The number of pyridine rings is 2. The zero-order valence-corrected chi connectivity index (χ0v) is 18.0. The van der Waals surface area contributed by atoms with Crippen molar-refractivity contribution in [2.24, 2.45) is 0 Å². The van der Waals surface area contributed by atoms with Crippen LogP contribution in [-0.2, 0) is 22.5 Å². The number of nitrogens with one attached hydrogen (secondary N) is 1. The summed E-state index contributed by atoms with van der Waals surface area (Å²) in [5, 5.41) is 2.89. The lowest BCUT2D eigenvalue weighted by Crippen LogP contribution is -2.43. The Hall–Kier alpha value is -3.25. The molecule has 160 valence electrons. The molecule has 0 aliphatic carbocycles. The Kier molecular flexibility index (Phi) is 6.57. The normalized spacial score (nSPS) is 16.2. The molecule has 1 aromatic carbocycles. The molecule has 1 amide bonds. The zero-order valence-electron chi connectivity index (χ0n) is 18.0. The van der Waals surface area contributed by atoms with Gasteiger partial charge < -0.3 is 15.0 Å². The van der Waals surface area contributed by atoms with Crippen molar-refractivity contribution < 1.29 is 9.53 Å². The van der Waals surface area contributed by atoms with E-state index in [1.807, 2.05) is 36.5 Å². The van der Waals surface area contributed by atoms with Crippen LogP contribution in [0.1, 0.15) is 23.9 Å². The maximum absolute atomic E-state index is 12.2. The van der Waals surface area contributed by atoms with Crippen LogP contribution in [0, 0.1) is 6.92 Å². The highest BCUT2D eigenvalue weighted by Crippen LogP contribution is 2.28. The smallest absolute Gasteiger partial charge is 0.226 e. The van der Waals surface area contributed by atoms with Gasteiger partial charge in [-0.25, -0.2) is 0 Å². The SMILES string of the molecule is Cc1cc(N2CCOC[C@@H]2C)ccc1-c1ccc(CC(=O)NCc2ccccn2)nc1. The first-order valence-corrected chi connectivity index (χ1v) is 10.7. The number of ether oxygens (including phenoxy) is 1. The highest BCUT2D eigenvalue weighted by molar-refractivity contribution is 5.78. The summed E-state index contributed by atoms with van der Waals surface area (Å²) in [6.07, 6.45) is 3.82. The van der Waals surface area contributed by atoms with Crippen LogP contribution in [0.2, 0.25) is 0 Å². The van der Waals surface area contributed by atoms with Gasteiger partial charge in [-0.2, -0.15) is 0 Å². The van der Waals surface area contributed by atoms with Crippen molar-refractivity contribution in [1.29, 1.82) is 0 Å². The molecule has 1 saturated heterocycles. The van der Waals surface area contributed by atoms with Crippen molar-refractivity contribution in [2.45, 2.75) is 32.9 Å². The van der Waals surface area contributed by atoms with Gasteiger partial charge >= 0.3 is 0 Å². The van der Waals surface area contributed by atoms with E-state index in [0.717, 1.165) is 42.3 Å². The van der Waals surface area contributed by atoms with Crippen molar-refractivity contribution in [3.8, 4) is 11.1 Å². The number of aromatic nitrogens is 2. The van der Waals surface area contributed by atoms with Gasteiger partial charge in [0.05, 0.1) is 31.9 Å². The lowest BCUT2D eigenvalue weighted by atomic mass is 10.00. The van der Waals surface area contributed by atoms with Crippen LogP contribution in [0.4, 0.5) is 5.69 Å². The predicted molar refractivity (Wildman–Crippen MR) is 122 cm³/mol. The molecule has 1 aliphatic rings. The number of rotatable bonds is 6. The fourth-order valence-electron chi connectivity index (χ4n) is 3.87. The molecule has 6 nitrogen and oxygen atoms in total. The second kappa shape index (κ2) is 9.71. The fraction of sp³-hybridized carbons (Fsp3) is 0.320. The lowest BCUT2D eigenvalue weighted by molar-refractivity contribution is -0.120. The molecule has 0 radical (unpaired) electrons. The molecule has 1 N–H and O–H groups in total. The molecule has 3 aromatic rings. The number of carbonyl (C=O) groups is 1. The number of benzene rings is 1. The van der Waals surface area contributed by atoms with E-state index in [1.165, 1.54) is 11.3 Å². The van der Waals surface area contributed by atoms with Crippen LogP contribution in [0.5, 0.6) is 0 Å². The van der Waals surface area contributed by atoms with Crippen LogP contribution in [0.3, 0.4) is 0 Å². The molecule has 0 bridgehead atoms. The third-order valence-electron chi connectivity index (χ3n) is 5.58. The van der Waals surface area contributed by atoms with Crippen molar-refractivity contribution in [1.82, 2.24) is 15.3 Å². The minimum atomic E-state index is -0.0638. The van der Waals surface area contributed by atoms with Crippen LogP contribution >= 0.6 is 0 Å². The van der Waals surface area contributed by atoms with Gasteiger partial charge in [0.15, 0.2) is 0 Å². The second-order valence-corrected chi connectivity index (χ2v) is 7.93. The Balaban J connectivity index is 1.39. The molecule has 31 heavy (non-hydrogen) atoms. The summed E-state index contributed by atoms with van der Waals surface area (Å²) in [5.41, 5.74) is 6.23. The minimum absolute atomic E-state index is 0.0638. The molecule has 0 spiro atoms. The Morgan fingerprint density at radius 3 is 2.77 bits per heavy atom. The lowest BCUT2D eigenvalue weighted by Gasteiger charge is -2.35. The van der Waals surface area contributed by atoms with E-state index in [4.69, 9.17) is 4.74 Å². The largest absolute Gasteiger partial charge is 0.377 e. The van der Waals surface area contributed by atoms with E-state index in [1.54, 1.807) is 6.20 Å². The van der Waals surface area contributed by atoms with Gasteiger partial charge in [0.2, 0.25) is 5.91 Å². The number of aryl methyl sites for hydroxylation is 1. The van der Waals surface area contributed by atoms with Crippen molar-refractivity contribution in [3.63, 3.8) is 0 Å². The van der Waals surface area contributed by atoms with Crippen molar-refractivity contribution in [2.75, 3.05) is 24.7 Å². The van der Waals surface area contributed by atoms with E-state index >= 15 is 0 Å². The van der Waals surface area contributed by atoms with Gasteiger partial charge in [-0.15, -0.1) is 0 Å².